The molecular weight excluding hydrogens is 514 g/mol. The fraction of sp³-hybridized carbons (Fsp3) is 0.0333. The number of thioether (sulfide) groups is 1. The molecule has 5 aromatic rings. The van der Waals surface area contributed by atoms with Crippen molar-refractivity contribution in [2.75, 3.05) is 16.4 Å². The number of rotatable bonds is 9. The Hall–Kier alpha value is -4.40. The number of fused-ring (bicyclic) bond motifs is 1. The van der Waals surface area contributed by atoms with Gasteiger partial charge in [-0.2, -0.15) is 0 Å². The summed E-state index contributed by atoms with van der Waals surface area (Å²) in [5.41, 5.74) is 3.17. The van der Waals surface area contributed by atoms with Crippen LogP contribution in [0.2, 0.25) is 0 Å². The summed E-state index contributed by atoms with van der Waals surface area (Å²) in [5.74, 6) is 1.36. The number of carbonyl (C=O) groups is 2. The molecule has 0 spiro atoms. The first kappa shape index (κ1) is 25.3. The third-order valence-electron chi connectivity index (χ3n) is 5.31. The zero-order valence-electron chi connectivity index (χ0n) is 20.2. The standard InChI is InChI=1S/C30H23N3O3S2/c34-28(18-11-21-7-3-1-4-8-21)32-23-14-17-26-27(19-23)38-30(33-26)37-20-29(35)31-22-12-15-25(16-13-22)36-24-9-5-2-6-10-24/h1-19H,20H2,(H,31,35)(H,32,34)/b18-11+. The van der Waals surface area contributed by atoms with Crippen LogP contribution in [0.15, 0.2) is 114 Å². The molecule has 0 aliphatic heterocycles. The number of nitrogens with zero attached hydrogens (tertiary/aromatic N) is 1. The highest BCUT2D eigenvalue weighted by Gasteiger charge is 2.10. The highest BCUT2D eigenvalue weighted by Crippen LogP contribution is 2.31. The van der Waals surface area contributed by atoms with Crippen LogP contribution in [-0.2, 0) is 9.59 Å². The van der Waals surface area contributed by atoms with E-state index in [-0.39, 0.29) is 17.6 Å². The minimum absolute atomic E-state index is 0.121. The van der Waals surface area contributed by atoms with Gasteiger partial charge in [0.15, 0.2) is 4.34 Å². The van der Waals surface area contributed by atoms with Gasteiger partial charge in [-0.1, -0.05) is 60.3 Å². The fourth-order valence-corrected chi connectivity index (χ4v) is 5.43. The molecule has 0 fully saturated rings. The summed E-state index contributed by atoms with van der Waals surface area (Å²) in [5, 5.41) is 5.78. The number of para-hydroxylation sites is 1. The van der Waals surface area contributed by atoms with Crippen molar-refractivity contribution in [3.63, 3.8) is 0 Å². The largest absolute Gasteiger partial charge is 0.457 e. The predicted octanol–water partition coefficient (Wildman–Crippen LogP) is 7.47. The number of ether oxygens (including phenoxy) is 1. The topological polar surface area (TPSA) is 80.3 Å². The van der Waals surface area contributed by atoms with E-state index >= 15 is 0 Å². The summed E-state index contributed by atoms with van der Waals surface area (Å²) in [6.07, 6.45) is 3.28. The molecule has 0 atom stereocenters. The maximum absolute atomic E-state index is 12.5. The monoisotopic (exact) mass is 537 g/mol. The van der Waals surface area contributed by atoms with Gasteiger partial charge < -0.3 is 15.4 Å². The normalized spacial score (nSPS) is 10.9. The van der Waals surface area contributed by atoms with Crippen LogP contribution < -0.4 is 15.4 Å². The van der Waals surface area contributed by atoms with Crippen molar-refractivity contribution in [3.8, 4) is 11.5 Å². The van der Waals surface area contributed by atoms with Gasteiger partial charge in [0.2, 0.25) is 11.8 Å². The summed E-state index contributed by atoms with van der Waals surface area (Å²) < 4.78 is 7.51. The summed E-state index contributed by atoms with van der Waals surface area (Å²) in [6.45, 7) is 0. The number of amides is 2. The quantitative estimate of drug-likeness (QED) is 0.151. The summed E-state index contributed by atoms with van der Waals surface area (Å²) >= 11 is 2.86. The van der Waals surface area contributed by atoms with Gasteiger partial charge in [0.25, 0.3) is 0 Å². The molecule has 0 aliphatic carbocycles. The van der Waals surface area contributed by atoms with Crippen molar-refractivity contribution in [3.05, 3.63) is 115 Å². The Kier molecular flexibility index (Phi) is 8.13. The molecule has 0 saturated carbocycles. The van der Waals surface area contributed by atoms with Gasteiger partial charge in [0.1, 0.15) is 11.5 Å². The first-order valence-corrected chi connectivity index (χ1v) is 13.6. The Morgan fingerprint density at radius 3 is 2.26 bits per heavy atom. The van der Waals surface area contributed by atoms with Gasteiger partial charge in [-0.05, 0) is 66.2 Å². The maximum Gasteiger partial charge on any atom is 0.248 e. The number of nitrogens with one attached hydrogen (secondary N) is 2. The number of carbonyl (C=O) groups excluding carboxylic acids is 2. The average Bonchev–Trinajstić information content (AvgIpc) is 3.35. The van der Waals surface area contributed by atoms with Gasteiger partial charge in [-0.25, -0.2) is 4.98 Å². The zero-order chi connectivity index (χ0) is 26.2. The molecule has 4 aromatic carbocycles. The fourth-order valence-electron chi connectivity index (χ4n) is 3.52. The molecule has 0 bridgehead atoms. The molecular formula is C30H23N3O3S2. The molecule has 1 aromatic heterocycles. The third-order valence-corrected chi connectivity index (χ3v) is 7.47. The summed E-state index contributed by atoms with van der Waals surface area (Å²) in [6, 6.07) is 32.0. The molecule has 0 unspecified atom stereocenters. The van der Waals surface area contributed by atoms with E-state index in [0.717, 1.165) is 25.9 Å². The first-order chi connectivity index (χ1) is 18.6. The van der Waals surface area contributed by atoms with Gasteiger partial charge >= 0.3 is 0 Å². The van der Waals surface area contributed by atoms with E-state index in [1.165, 1.54) is 29.2 Å². The van der Waals surface area contributed by atoms with Crippen LogP contribution in [0, 0.1) is 0 Å². The number of hydrogen-bond acceptors (Lipinski definition) is 6. The van der Waals surface area contributed by atoms with E-state index in [9.17, 15) is 9.59 Å². The second kappa shape index (κ2) is 12.2. The lowest BCUT2D eigenvalue weighted by Crippen LogP contribution is -2.13. The van der Waals surface area contributed by atoms with Crippen LogP contribution in [0.3, 0.4) is 0 Å². The average molecular weight is 538 g/mol. The molecule has 2 N–H and O–H groups in total. The van der Waals surface area contributed by atoms with E-state index in [0.29, 0.717) is 17.1 Å². The smallest absolute Gasteiger partial charge is 0.248 e. The van der Waals surface area contributed by atoms with Gasteiger partial charge in [0.05, 0.1) is 16.0 Å². The summed E-state index contributed by atoms with van der Waals surface area (Å²) in [4.78, 5) is 29.4. The Morgan fingerprint density at radius 1 is 0.816 bits per heavy atom. The van der Waals surface area contributed by atoms with E-state index in [2.05, 4.69) is 15.6 Å². The van der Waals surface area contributed by atoms with Crippen molar-refractivity contribution in [2.45, 2.75) is 4.34 Å². The Morgan fingerprint density at radius 2 is 1.50 bits per heavy atom. The maximum atomic E-state index is 12.5. The van der Waals surface area contributed by atoms with Crippen molar-refractivity contribution in [2.24, 2.45) is 0 Å². The van der Waals surface area contributed by atoms with Crippen molar-refractivity contribution < 1.29 is 14.3 Å². The number of hydrogen-bond donors (Lipinski definition) is 2. The SMILES string of the molecule is O=C(/C=C/c1ccccc1)Nc1ccc2nc(SCC(=O)Nc3ccc(Oc4ccccc4)cc3)sc2c1. The minimum Gasteiger partial charge on any atom is -0.457 e. The Balaban J connectivity index is 1.12. The van der Waals surface area contributed by atoms with Crippen LogP contribution in [0.4, 0.5) is 11.4 Å². The lowest BCUT2D eigenvalue weighted by atomic mass is 10.2. The third kappa shape index (κ3) is 7.09. The number of thiazole rings is 1. The van der Waals surface area contributed by atoms with Crippen LogP contribution in [0.1, 0.15) is 5.56 Å². The van der Waals surface area contributed by atoms with Gasteiger partial charge in [-0.3, -0.25) is 9.59 Å². The molecule has 38 heavy (non-hydrogen) atoms. The van der Waals surface area contributed by atoms with Gasteiger partial charge in [0, 0.05) is 17.5 Å². The first-order valence-electron chi connectivity index (χ1n) is 11.8. The van der Waals surface area contributed by atoms with E-state index in [1.807, 2.05) is 103 Å². The van der Waals surface area contributed by atoms with Crippen molar-refractivity contribution in [1.82, 2.24) is 4.98 Å². The minimum atomic E-state index is -0.205. The van der Waals surface area contributed by atoms with Crippen molar-refractivity contribution >= 4 is 62.6 Å². The number of benzene rings is 4. The summed E-state index contributed by atoms with van der Waals surface area (Å²) in [7, 11) is 0. The van der Waals surface area contributed by atoms with Crippen LogP contribution >= 0.6 is 23.1 Å². The second-order valence-electron chi connectivity index (χ2n) is 8.17. The molecule has 8 heteroatoms. The molecule has 0 aliphatic rings. The highest BCUT2D eigenvalue weighted by atomic mass is 32.2. The molecule has 188 valence electrons. The van der Waals surface area contributed by atoms with E-state index in [4.69, 9.17) is 4.74 Å². The van der Waals surface area contributed by atoms with Gasteiger partial charge in [-0.15, -0.1) is 11.3 Å². The molecule has 1 heterocycles. The Bertz CT molecular complexity index is 1570. The van der Waals surface area contributed by atoms with Crippen molar-refractivity contribution in [1.29, 1.82) is 0 Å². The van der Waals surface area contributed by atoms with Crippen LogP contribution in [0.5, 0.6) is 11.5 Å². The second-order valence-corrected chi connectivity index (χ2v) is 10.4. The molecule has 2 amide bonds. The number of anilines is 2. The molecule has 6 nitrogen and oxygen atoms in total. The predicted molar refractivity (Wildman–Crippen MR) is 156 cm³/mol. The molecule has 0 radical (unpaired) electrons. The van der Waals surface area contributed by atoms with E-state index in [1.54, 1.807) is 6.08 Å². The lowest BCUT2D eigenvalue weighted by molar-refractivity contribution is -0.114. The van der Waals surface area contributed by atoms with Crippen LogP contribution in [-0.4, -0.2) is 22.6 Å². The number of aromatic nitrogens is 1. The lowest BCUT2D eigenvalue weighted by Gasteiger charge is -2.07. The van der Waals surface area contributed by atoms with Crippen LogP contribution in [0.25, 0.3) is 16.3 Å². The van der Waals surface area contributed by atoms with E-state index < -0.39 is 0 Å². The molecule has 5 rings (SSSR count). The zero-order valence-corrected chi connectivity index (χ0v) is 21.8. The Labute approximate surface area is 228 Å². The molecule has 0 saturated heterocycles. The highest BCUT2D eigenvalue weighted by molar-refractivity contribution is 8.01.